The standard InChI is InChI=1S/C14H23N3S.HI/c1-11-3-6-17(7-4-11)14(15)16-9-12(2)13-5-8-18-10-13;/h5,8,10-12H,3-4,6-7,9H2,1-2H3,(H2,15,16);1H. The largest absolute Gasteiger partial charge is 0.370 e. The van der Waals surface area contributed by atoms with Gasteiger partial charge < -0.3 is 10.6 Å². The van der Waals surface area contributed by atoms with Gasteiger partial charge in [-0.1, -0.05) is 13.8 Å². The summed E-state index contributed by atoms with van der Waals surface area (Å²) in [5.74, 6) is 2.02. The van der Waals surface area contributed by atoms with E-state index in [1.807, 2.05) is 0 Å². The first-order valence-corrected chi connectivity index (χ1v) is 7.68. The number of thiophene rings is 1. The quantitative estimate of drug-likeness (QED) is 0.485. The second-order valence-electron chi connectivity index (χ2n) is 5.33. The molecule has 0 radical (unpaired) electrons. The highest BCUT2D eigenvalue weighted by Crippen LogP contribution is 2.19. The van der Waals surface area contributed by atoms with E-state index in [9.17, 15) is 0 Å². The van der Waals surface area contributed by atoms with Crippen LogP contribution in [0.2, 0.25) is 0 Å². The van der Waals surface area contributed by atoms with Gasteiger partial charge in [-0.05, 0) is 41.1 Å². The Morgan fingerprint density at radius 3 is 2.79 bits per heavy atom. The first-order valence-electron chi connectivity index (χ1n) is 6.73. The Kier molecular flexibility index (Phi) is 7.13. The van der Waals surface area contributed by atoms with Crippen LogP contribution in [-0.2, 0) is 0 Å². The van der Waals surface area contributed by atoms with Crippen molar-refractivity contribution in [3.05, 3.63) is 22.4 Å². The molecule has 3 nitrogen and oxygen atoms in total. The highest BCUT2D eigenvalue weighted by atomic mass is 127. The van der Waals surface area contributed by atoms with Crippen molar-refractivity contribution >= 4 is 41.3 Å². The number of nitrogens with zero attached hydrogens (tertiary/aromatic N) is 2. The average Bonchev–Trinajstić information content (AvgIpc) is 2.90. The molecule has 5 heteroatoms. The van der Waals surface area contributed by atoms with Crippen LogP contribution < -0.4 is 5.73 Å². The van der Waals surface area contributed by atoms with Gasteiger partial charge in [-0.3, -0.25) is 4.99 Å². The predicted molar refractivity (Wildman–Crippen MR) is 94.6 cm³/mol. The highest BCUT2D eigenvalue weighted by molar-refractivity contribution is 14.0. The van der Waals surface area contributed by atoms with Crippen LogP contribution in [0.15, 0.2) is 21.8 Å². The maximum absolute atomic E-state index is 6.07. The third-order valence-corrected chi connectivity index (χ3v) is 4.45. The lowest BCUT2D eigenvalue weighted by Crippen LogP contribution is -2.42. The molecule has 1 aliphatic heterocycles. The summed E-state index contributed by atoms with van der Waals surface area (Å²) in [6.45, 7) is 7.42. The Labute approximate surface area is 137 Å². The monoisotopic (exact) mass is 393 g/mol. The van der Waals surface area contributed by atoms with E-state index in [-0.39, 0.29) is 24.0 Å². The van der Waals surface area contributed by atoms with Gasteiger partial charge in [0.25, 0.3) is 0 Å². The number of hydrogen-bond acceptors (Lipinski definition) is 2. The van der Waals surface area contributed by atoms with Gasteiger partial charge in [-0.25, -0.2) is 0 Å². The third-order valence-electron chi connectivity index (χ3n) is 3.75. The minimum atomic E-state index is 0. The van der Waals surface area contributed by atoms with Crippen molar-refractivity contribution in [1.82, 2.24) is 4.90 Å². The van der Waals surface area contributed by atoms with Crippen LogP contribution in [0, 0.1) is 5.92 Å². The molecule has 1 atom stereocenters. The fourth-order valence-corrected chi connectivity index (χ4v) is 3.01. The third kappa shape index (κ3) is 4.95. The summed E-state index contributed by atoms with van der Waals surface area (Å²) < 4.78 is 0. The molecular formula is C14H24IN3S. The van der Waals surface area contributed by atoms with Crippen molar-refractivity contribution in [1.29, 1.82) is 0 Å². The Morgan fingerprint density at radius 1 is 1.53 bits per heavy atom. The van der Waals surface area contributed by atoms with E-state index in [0.29, 0.717) is 5.92 Å². The molecule has 0 amide bonds. The number of piperidine rings is 1. The van der Waals surface area contributed by atoms with Gasteiger partial charge in [-0.2, -0.15) is 11.3 Å². The Morgan fingerprint density at radius 2 is 2.21 bits per heavy atom. The second kappa shape index (κ2) is 8.09. The molecule has 2 heterocycles. The topological polar surface area (TPSA) is 41.6 Å². The lowest BCUT2D eigenvalue weighted by Gasteiger charge is -2.31. The first-order chi connectivity index (χ1) is 8.66. The summed E-state index contributed by atoms with van der Waals surface area (Å²) >= 11 is 1.74. The zero-order valence-electron chi connectivity index (χ0n) is 11.7. The SMILES string of the molecule is CC1CCN(C(N)=NCC(C)c2ccsc2)CC1.I. The molecule has 2 N–H and O–H groups in total. The van der Waals surface area contributed by atoms with Crippen LogP contribution in [0.4, 0.5) is 0 Å². The number of nitrogens with two attached hydrogens (primary N) is 1. The zero-order valence-corrected chi connectivity index (χ0v) is 14.9. The van der Waals surface area contributed by atoms with Gasteiger partial charge in [0, 0.05) is 25.6 Å². The van der Waals surface area contributed by atoms with Crippen molar-refractivity contribution in [3.63, 3.8) is 0 Å². The zero-order chi connectivity index (χ0) is 13.0. The summed E-state index contributed by atoms with van der Waals surface area (Å²) in [7, 11) is 0. The van der Waals surface area contributed by atoms with Crippen molar-refractivity contribution < 1.29 is 0 Å². The summed E-state index contributed by atoms with van der Waals surface area (Å²) in [5.41, 5.74) is 7.44. The van der Waals surface area contributed by atoms with E-state index in [4.69, 9.17) is 5.73 Å². The van der Waals surface area contributed by atoms with Gasteiger partial charge >= 0.3 is 0 Å². The predicted octanol–water partition coefficient (Wildman–Crippen LogP) is 3.52. The van der Waals surface area contributed by atoms with Gasteiger partial charge in [-0.15, -0.1) is 24.0 Å². The van der Waals surface area contributed by atoms with Gasteiger partial charge in [0.1, 0.15) is 0 Å². The van der Waals surface area contributed by atoms with Crippen LogP contribution in [0.25, 0.3) is 0 Å². The molecule has 1 aromatic heterocycles. The van der Waals surface area contributed by atoms with Crippen molar-refractivity contribution in [2.75, 3.05) is 19.6 Å². The fourth-order valence-electron chi connectivity index (χ4n) is 2.23. The van der Waals surface area contributed by atoms with Gasteiger partial charge in [0.2, 0.25) is 0 Å². The molecular weight excluding hydrogens is 369 g/mol. The Balaban J connectivity index is 0.00000180. The maximum Gasteiger partial charge on any atom is 0.191 e. The minimum absolute atomic E-state index is 0. The Bertz CT molecular complexity index is 383. The molecule has 1 unspecified atom stereocenters. The van der Waals surface area contributed by atoms with Crippen LogP contribution in [0.5, 0.6) is 0 Å². The van der Waals surface area contributed by atoms with Gasteiger partial charge in [0.05, 0.1) is 0 Å². The summed E-state index contributed by atoms with van der Waals surface area (Å²) in [6, 6.07) is 2.17. The molecule has 19 heavy (non-hydrogen) atoms. The smallest absolute Gasteiger partial charge is 0.191 e. The van der Waals surface area contributed by atoms with Gasteiger partial charge in [0.15, 0.2) is 5.96 Å². The van der Waals surface area contributed by atoms with E-state index in [1.165, 1.54) is 18.4 Å². The van der Waals surface area contributed by atoms with Crippen molar-refractivity contribution in [2.24, 2.45) is 16.6 Å². The van der Waals surface area contributed by atoms with Crippen LogP contribution in [-0.4, -0.2) is 30.5 Å². The normalized spacial score (nSPS) is 19.1. The number of halogens is 1. The second-order valence-corrected chi connectivity index (χ2v) is 6.11. The molecule has 1 saturated heterocycles. The average molecular weight is 393 g/mol. The number of aliphatic imine (C=N–C) groups is 1. The summed E-state index contributed by atoms with van der Waals surface area (Å²) in [5, 5.41) is 4.31. The minimum Gasteiger partial charge on any atom is -0.370 e. The van der Waals surface area contributed by atoms with Crippen molar-refractivity contribution in [2.45, 2.75) is 32.6 Å². The molecule has 2 rings (SSSR count). The van der Waals surface area contributed by atoms with E-state index in [0.717, 1.165) is 31.5 Å². The molecule has 0 spiro atoms. The molecule has 0 aromatic carbocycles. The number of likely N-dealkylation sites (tertiary alicyclic amines) is 1. The molecule has 1 aromatic rings. The molecule has 1 aliphatic rings. The van der Waals surface area contributed by atoms with Crippen LogP contribution in [0.3, 0.4) is 0 Å². The molecule has 0 saturated carbocycles. The molecule has 108 valence electrons. The highest BCUT2D eigenvalue weighted by Gasteiger charge is 2.17. The molecule has 1 fully saturated rings. The fraction of sp³-hybridized carbons (Fsp3) is 0.643. The molecule has 0 aliphatic carbocycles. The lowest BCUT2D eigenvalue weighted by molar-refractivity contribution is 0.277. The maximum atomic E-state index is 6.07. The van der Waals surface area contributed by atoms with Crippen molar-refractivity contribution in [3.8, 4) is 0 Å². The van der Waals surface area contributed by atoms with E-state index < -0.39 is 0 Å². The first kappa shape index (κ1) is 16.8. The van der Waals surface area contributed by atoms with E-state index >= 15 is 0 Å². The van der Waals surface area contributed by atoms with Crippen LogP contribution in [0.1, 0.15) is 38.2 Å². The van der Waals surface area contributed by atoms with E-state index in [1.54, 1.807) is 11.3 Å². The lowest BCUT2D eigenvalue weighted by atomic mass is 10.00. The number of hydrogen-bond donors (Lipinski definition) is 1. The van der Waals surface area contributed by atoms with Crippen LogP contribution >= 0.6 is 35.3 Å². The summed E-state index contributed by atoms with van der Waals surface area (Å²) in [6.07, 6.45) is 2.46. The Hall–Kier alpha value is -0.300. The molecule has 0 bridgehead atoms. The number of guanidine groups is 1. The van der Waals surface area contributed by atoms with E-state index in [2.05, 4.69) is 40.6 Å². The number of rotatable bonds is 3. The summed E-state index contributed by atoms with van der Waals surface area (Å²) in [4.78, 5) is 6.78.